The maximum atomic E-state index is 12.4. The molecule has 156 valence electrons. The molecule has 1 atom stereocenters. The zero-order valence-corrected chi connectivity index (χ0v) is 17.8. The minimum atomic E-state index is -0.163. The second-order valence-corrected chi connectivity index (χ2v) is 7.08. The van der Waals surface area contributed by atoms with Crippen LogP contribution in [0.2, 0.25) is 0 Å². The highest BCUT2D eigenvalue weighted by atomic mass is 16.5. The Morgan fingerprint density at radius 2 is 2.00 bits per heavy atom. The van der Waals surface area contributed by atoms with Crippen LogP contribution in [0.4, 0.5) is 0 Å². The Kier molecular flexibility index (Phi) is 6.91. The molecule has 3 aromatic rings. The number of aryl methyl sites for hydroxylation is 2. The van der Waals surface area contributed by atoms with Crippen molar-refractivity contribution in [2.75, 3.05) is 7.11 Å². The Balaban J connectivity index is 1.65. The predicted molar refractivity (Wildman–Crippen MR) is 117 cm³/mol. The number of para-hydroxylation sites is 1. The van der Waals surface area contributed by atoms with Crippen LogP contribution < -0.4 is 14.8 Å². The molecule has 30 heavy (non-hydrogen) atoms. The largest absolute Gasteiger partial charge is 0.496 e. The molecule has 3 rings (SSSR count). The molecule has 0 saturated heterocycles. The summed E-state index contributed by atoms with van der Waals surface area (Å²) < 4.78 is 13.0. The summed E-state index contributed by atoms with van der Waals surface area (Å²) in [6.45, 7) is 4.25. The van der Waals surface area contributed by atoms with Crippen molar-refractivity contribution in [1.29, 1.82) is 0 Å². The lowest BCUT2D eigenvalue weighted by atomic mass is 10.1. The summed E-state index contributed by atoms with van der Waals surface area (Å²) in [4.78, 5) is 12.4. The summed E-state index contributed by atoms with van der Waals surface area (Å²) in [6, 6.07) is 15.2. The molecule has 0 radical (unpaired) electrons. The number of nitrogens with zero attached hydrogens (tertiary/aromatic N) is 2. The maximum absolute atomic E-state index is 12.4. The van der Waals surface area contributed by atoms with Crippen LogP contribution in [0.1, 0.15) is 35.3 Å². The Morgan fingerprint density at radius 3 is 2.67 bits per heavy atom. The number of ether oxygens (including phenoxy) is 2. The van der Waals surface area contributed by atoms with E-state index in [2.05, 4.69) is 10.4 Å². The minimum absolute atomic E-state index is 0.124. The number of carbonyl (C=O) groups is 1. The highest BCUT2D eigenvalue weighted by Gasteiger charge is 2.13. The fourth-order valence-electron chi connectivity index (χ4n) is 3.25. The van der Waals surface area contributed by atoms with Crippen LogP contribution in [0, 0.1) is 6.92 Å². The van der Waals surface area contributed by atoms with Gasteiger partial charge in [-0.05, 0) is 49.8 Å². The van der Waals surface area contributed by atoms with E-state index in [1.165, 1.54) is 6.08 Å². The molecule has 0 aliphatic heterocycles. The third-order valence-corrected chi connectivity index (χ3v) is 4.75. The summed E-state index contributed by atoms with van der Waals surface area (Å²) in [5.41, 5.74) is 3.71. The average Bonchev–Trinajstić information content (AvgIpc) is 3.09. The first kappa shape index (κ1) is 21.2. The Morgan fingerprint density at radius 1 is 1.23 bits per heavy atom. The average molecular weight is 405 g/mol. The zero-order valence-electron chi connectivity index (χ0n) is 17.8. The molecular formula is C24H27N3O3. The summed E-state index contributed by atoms with van der Waals surface area (Å²) in [5.74, 6) is 1.37. The van der Waals surface area contributed by atoms with Gasteiger partial charge in [0, 0.05) is 30.4 Å². The number of nitrogens with one attached hydrogen (secondary N) is 1. The second kappa shape index (κ2) is 9.78. The van der Waals surface area contributed by atoms with Crippen molar-refractivity contribution in [2.24, 2.45) is 7.05 Å². The van der Waals surface area contributed by atoms with E-state index in [0.29, 0.717) is 6.61 Å². The highest BCUT2D eigenvalue weighted by Crippen LogP contribution is 2.23. The number of methoxy groups -OCH3 is 1. The van der Waals surface area contributed by atoms with E-state index in [0.717, 1.165) is 33.9 Å². The van der Waals surface area contributed by atoms with Crippen LogP contribution in [-0.4, -0.2) is 22.8 Å². The van der Waals surface area contributed by atoms with E-state index in [4.69, 9.17) is 9.47 Å². The van der Waals surface area contributed by atoms with Crippen LogP contribution in [0.5, 0.6) is 11.5 Å². The van der Waals surface area contributed by atoms with Crippen molar-refractivity contribution < 1.29 is 14.3 Å². The van der Waals surface area contributed by atoms with Gasteiger partial charge in [-0.25, -0.2) is 0 Å². The van der Waals surface area contributed by atoms with Gasteiger partial charge in [-0.1, -0.05) is 24.3 Å². The van der Waals surface area contributed by atoms with Crippen LogP contribution in [0.15, 0.2) is 60.8 Å². The monoisotopic (exact) mass is 405 g/mol. The lowest BCUT2D eigenvalue weighted by Gasteiger charge is -2.12. The summed E-state index contributed by atoms with van der Waals surface area (Å²) >= 11 is 0. The van der Waals surface area contributed by atoms with Gasteiger partial charge >= 0.3 is 0 Å². The highest BCUT2D eigenvalue weighted by molar-refractivity contribution is 5.92. The number of benzene rings is 2. The molecule has 1 N–H and O–H groups in total. The van der Waals surface area contributed by atoms with Crippen molar-refractivity contribution in [3.05, 3.63) is 83.2 Å². The molecule has 0 saturated carbocycles. The molecule has 1 heterocycles. The van der Waals surface area contributed by atoms with E-state index < -0.39 is 0 Å². The van der Waals surface area contributed by atoms with Gasteiger partial charge in [-0.2, -0.15) is 5.10 Å². The van der Waals surface area contributed by atoms with Crippen molar-refractivity contribution in [2.45, 2.75) is 26.5 Å². The maximum Gasteiger partial charge on any atom is 0.244 e. The van der Waals surface area contributed by atoms with Gasteiger partial charge in [-0.15, -0.1) is 0 Å². The third kappa shape index (κ3) is 5.50. The van der Waals surface area contributed by atoms with Crippen molar-refractivity contribution in [1.82, 2.24) is 15.1 Å². The van der Waals surface area contributed by atoms with Crippen LogP contribution in [-0.2, 0) is 18.4 Å². The van der Waals surface area contributed by atoms with Crippen LogP contribution in [0.25, 0.3) is 6.08 Å². The third-order valence-electron chi connectivity index (χ3n) is 4.75. The van der Waals surface area contributed by atoms with E-state index >= 15 is 0 Å². The minimum Gasteiger partial charge on any atom is -0.496 e. The number of aromatic nitrogens is 2. The number of hydrogen-bond donors (Lipinski definition) is 1. The van der Waals surface area contributed by atoms with Crippen LogP contribution in [0.3, 0.4) is 0 Å². The topological polar surface area (TPSA) is 65.4 Å². The van der Waals surface area contributed by atoms with Gasteiger partial charge in [0.2, 0.25) is 5.91 Å². The predicted octanol–water partition coefficient (Wildman–Crippen LogP) is 4.21. The fourth-order valence-corrected chi connectivity index (χ4v) is 3.25. The molecule has 0 fully saturated rings. The van der Waals surface area contributed by atoms with Gasteiger partial charge in [0.05, 0.1) is 18.8 Å². The summed E-state index contributed by atoms with van der Waals surface area (Å²) in [5, 5.41) is 7.30. The molecule has 1 aromatic heterocycles. The van der Waals surface area contributed by atoms with Gasteiger partial charge in [-0.3, -0.25) is 9.48 Å². The first-order valence-electron chi connectivity index (χ1n) is 9.79. The van der Waals surface area contributed by atoms with E-state index in [1.807, 2.05) is 75.6 Å². The molecule has 1 unspecified atom stereocenters. The Hall–Kier alpha value is -3.54. The summed E-state index contributed by atoms with van der Waals surface area (Å²) in [7, 11) is 3.50. The number of amides is 1. The molecule has 6 heteroatoms. The molecule has 0 aliphatic rings. The van der Waals surface area contributed by atoms with Crippen LogP contribution >= 0.6 is 0 Å². The normalized spacial score (nSPS) is 12.0. The van der Waals surface area contributed by atoms with Crippen molar-refractivity contribution in [3.63, 3.8) is 0 Å². The molecule has 2 aromatic carbocycles. The van der Waals surface area contributed by atoms with Gasteiger partial charge < -0.3 is 14.8 Å². The lowest BCUT2D eigenvalue weighted by molar-refractivity contribution is -0.117. The van der Waals surface area contributed by atoms with Crippen molar-refractivity contribution in [3.8, 4) is 11.5 Å². The van der Waals surface area contributed by atoms with Gasteiger partial charge in [0.1, 0.15) is 18.1 Å². The molecule has 0 aliphatic carbocycles. The quantitative estimate of drug-likeness (QED) is 0.570. The first-order valence-corrected chi connectivity index (χ1v) is 9.79. The first-order chi connectivity index (χ1) is 14.5. The fraction of sp³-hybridized carbons (Fsp3) is 0.250. The molecule has 0 bridgehead atoms. The lowest BCUT2D eigenvalue weighted by Crippen LogP contribution is -2.24. The number of carbonyl (C=O) groups excluding carboxylic acids is 1. The second-order valence-electron chi connectivity index (χ2n) is 7.08. The Bertz CT molecular complexity index is 1030. The van der Waals surface area contributed by atoms with E-state index in [-0.39, 0.29) is 11.9 Å². The van der Waals surface area contributed by atoms with E-state index in [9.17, 15) is 4.79 Å². The molecule has 6 nitrogen and oxygen atoms in total. The zero-order chi connectivity index (χ0) is 21.5. The smallest absolute Gasteiger partial charge is 0.244 e. The summed E-state index contributed by atoms with van der Waals surface area (Å²) in [6.07, 6.45) is 5.24. The Labute approximate surface area is 177 Å². The molecule has 0 spiro atoms. The number of hydrogen-bond acceptors (Lipinski definition) is 4. The number of rotatable bonds is 8. The molecule has 1 amide bonds. The standard InChI is InChI=1S/C24H27N3O3/c1-17(22-15-27(3)26-18(22)2)25-24(28)13-11-19-10-12-23(29-4)20(14-19)16-30-21-8-6-5-7-9-21/h5-15,17H,16H2,1-4H3,(H,25,28)/b13-11+. The SMILES string of the molecule is COc1ccc(/C=C/C(=O)NC(C)c2cn(C)nc2C)cc1COc1ccccc1. The molecular weight excluding hydrogens is 378 g/mol. The van der Waals surface area contributed by atoms with Crippen molar-refractivity contribution >= 4 is 12.0 Å². The van der Waals surface area contributed by atoms with Gasteiger partial charge in [0.15, 0.2) is 0 Å². The van der Waals surface area contributed by atoms with Gasteiger partial charge in [0.25, 0.3) is 0 Å². The van der Waals surface area contributed by atoms with E-state index in [1.54, 1.807) is 17.9 Å².